The van der Waals surface area contributed by atoms with Gasteiger partial charge in [-0.3, -0.25) is 19.3 Å². The van der Waals surface area contributed by atoms with Crippen LogP contribution in [-0.2, 0) is 14.4 Å². The summed E-state index contributed by atoms with van der Waals surface area (Å²) in [5, 5.41) is 3.90. The Morgan fingerprint density at radius 3 is 2.69 bits per heavy atom. The summed E-state index contributed by atoms with van der Waals surface area (Å²) < 4.78 is 0. The minimum absolute atomic E-state index is 0.00230. The summed E-state index contributed by atoms with van der Waals surface area (Å²) in [6, 6.07) is 5.37. The number of likely N-dealkylation sites (tertiary alicyclic amines) is 1. The zero-order valence-corrected chi connectivity index (χ0v) is 19.9. The quantitative estimate of drug-likeness (QED) is 0.635. The Morgan fingerprint density at radius 2 is 1.94 bits per heavy atom. The summed E-state index contributed by atoms with van der Waals surface area (Å²) in [4.78, 5) is 42.4. The summed E-state index contributed by atoms with van der Waals surface area (Å²) >= 11 is 11.9. The molecular weight excluding hydrogens is 451 g/mol. The molecule has 0 spiro atoms. The molecule has 2 saturated heterocycles. The van der Waals surface area contributed by atoms with Crippen molar-refractivity contribution in [2.75, 3.05) is 45.8 Å². The number of rotatable bonds is 6. The largest absolute Gasteiger partial charge is 0.352 e. The van der Waals surface area contributed by atoms with Gasteiger partial charge in [0.05, 0.1) is 10.0 Å². The molecule has 2 heterocycles. The lowest BCUT2D eigenvalue weighted by molar-refractivity contribution is -0.130. The molecule has 2 fully saturated rings. The second-order valence-electron chi connectivity index (χ2n) is 8.30. The predicted molar refractivity (Wildman–Crippen MR) is 127 cm³/mol. The van der Waals surface area contributed by atoms with E-state index in [4.69, 9.17) is 23.2 Å². The number of halogens is 2. The Hall–Kier alpha value is -2.09. The van der Waals surface area contributed by atoms with E-state index in [9.17, 15) is 14.4 Å². The summed E-state index contributed by atoms with van der Waals surface area (Å²) in [5.41, 5.74) is 0.791. The van der Waals surface area contributed by atoms with Crippen molar-refractivity contribution >= 4 is 47.0 Å². The van der Waals surface area contributed by atoms with Crippen LogP contribution in [0.3, 0.4) is 0 Å². The maximum Gasteiger partial charge on any atom is 0.246 e. The molecule has 0 aliphatic carbocycles. The van der Waals surface area contributed by atoms with E-state index in [1.54, 1.807) is 36.1 Å². The number of piperidine rings is 1. The molecule has 3 rings (SSSR count). The number of nitrogens with zero attached hydrogens (tertiary/aromatic N) is 3. The molecule has 3 amide bonds. The highest BCUT2D eigenvalue weighted by Gasteiger charge is 2.25. The number of carbonyl (C=O) groups is 3. The van der Waals surface area contributed by atoms with E-state index in [2.05, 4.69) is 10.2 Å². The smallest absolute Gasteiger partial charge is 0.246 e. The number of benzene rings is 1. The predicted octanol–water partition coefficient (Wildman–Crippen LogP) is 2.67. The third-order valence-electron chi connectivity index (χ3n) is 5.86. The van der Waals surface area contributed by atoms with Crippen LogP contribution in [0.1, 0.15) is 31.7 Å². The van der Waals surface area contributed by atoms with Gasteiger partial charge in [0, 0.05) is 64.7 Å². The van der Waals surface area contributed by atoms with E-state index >= 15 is 0 Å². The molecule has 0 saturated carbocycles. The lowest BCUT2D eigenvalue weighted by Crippen LogP contribution is -2.49. The molecule has 9 heteroatoms. The van der Waals surface area contributed by atoms with Gasteiger partial charge in [-0.05, 0) is 43.2 Å². The highest BCUT2D eigenvalue weighted by atomic mass is 35.5. The van der Waals surface area contributed by atoms with Crippen LogP contribution in [0, 0.1) is 0 Å². The van der Waals surface area contributed by atoms with Gasteiger partial charge in [0.15, 0.2) is 0 Å². The average Bonchev–Trinajstić information content (AvgIpc) is 2.94. The van der Waals surface area contributed by atoms with Gasteiger partial charge in [0.25, 0.3) is 0 Å². The van der Waals surface area contributed by atoms with Crippen LogP contribution in [0.25, 0.3) is 6.08 Å². The molecule has 0 bridgehead atoms. The summed E-state index contributed by atoms with van der Waals surface area (Å²) in [7, 11) is 0. The third-order valence-corrected chi connectivity index (χ3v) is 6.60. The van der Waals surface area contributed by atoms with Crippen LogP contribution in [-0.4, -0.2) is 84.3 Å². The first kappa shape index (κ1) is 24.6. The van der Waals surface area contributed by atoms with Crippen LogP contribution >= 0.6 is 23.2 Å². The molecule has 1 aromatic rings. The molecule has 2 aliphatic heterocycles. The van der Waals surface area contributed by atoms with Gasteiger partial charge in [0.1, 0.15) is 0 Å². The average molecular weight is 481 g/mol. The number of hydrogen-bond donors (Lipinski definition) is 1. The molecule has 174 valence electrons. The van der Waals surface area contributed by atoms with E-state index in [1.165, 1.54) is 6.08 Å². The van der Waals surface area contributed by atoms with Gasteiger partial charge in [0.2, 0.25) is 17.7 Å². The van der Waals surface area contributed by atoms with Crippen molar-refractivity contribution in [1.82, 2.24) is 20.0 Å². The van der Waals surface area contributed by atoms with Gasteiger partial charge in [-0.25, -0.2) is 0 Å². The van der Waals surface area contributed by atoms with E-state index in [1.807, 2.05) is 4.90 Å². The van der Waals surface area contributed by atoms with Crippen LogP contribution in [0.2, 0.25) is 10.0 Å². The van der Waals surface area contributed by atoms with Crippen molar-refractivity contribution in [1.29, 1.82) is 0 Å². The minimum atomic E-state index is -0.125. The van der Waals surface area contributed by atoms with Crippen molar-refractivity contribution in [2.24, 2.45) is 0 Å². The maximum atomic E-state index is 12.6. The van der Waals surface area contributed by atoms with Crippen LogP contribution < -0.4 is 5.32 Å². The van der Waals surface area contributed by atoms with Gasteiger partial charge < -0.3 is 15.1 Å². The summed E-state index contributed by atoms with van der Waals surface area (Å²) in [6.07, 6.45) is 5.56. The molecule has 7 nitrogen and oxygen atoms in total. The molecule has 0 radical (unpaired) electrons. The minimum Gasteiger partial charge on any atom is -0.352 e. The standard InChI is InChI=1S/C23H30Cl2N4O3/c1-17(30)26-19-3-2-9-27(16-19)11-12-29-14-13-28(10-8-23(29)32)22(31)7-5-18-4-6-20(24)21(25)15-18/h4-7,15,19H,2-3,8-14,16H2,1H3,(H,26,30). The highest BCUT2D eigenvalue weighted by Crippen LogP contribution is 2.23. The topological polar surface area (TPSA) is 73.0 Å². The first-order valence-corrected chi connectivity index (χ1v) is 11.8. The second-order valence-corrected chi connectivity index (χ2v) is 9.12. The Bertz CT molecular complexity index is 877. The Balaban J connectivity index is 1.48. The molecule has 1 aromatic carbocycles. The summed E-state index contributed by atoms with van der Waals surface area (Å²) in [5.74, 6) is -0.0541. The van der Waals surface area contributed by atoms with Gasteiger partial charge in [-0.2, -0.15) is 0 Å². The molecule has 32 heavy (non-hydrogen) atoms. The lowest BCUT2D eigenvalue weighted by atomic mass is 10.1. The number of nitrogens with one attached hydrogen (secondary N) is 1. The van der Waals surface area contributed by atoms with Crippen molar-refractivity contribution < 1.29 is 14.4 Å². The molecular formula is C23H30Cl2N4O3. The third kappa shape index (κ3) is 7.22. The van der Waals surface area contributed by atoms with Crippen LogP contribution in [0.5, 0.6) is 0 Å². The molecule has 2 aliphatic rings. The first-order valence-electron chi connectivity index (χ1n) is 11.0. The van der Waals surface area contributed by atoms with Crippen molar-refractivity contribution in [2.45, 2.75) is 32.2 Å². The maximum absolute atomic E-state index is 12.6. The zero-order valence-electron chi connectivity index (χ0n) is 18.4. The fourth-order valence-electron chi connectivity index (χ4n) is 4.14. The van der Waals surface area contributed by atoms with E-state index in [0.717, 1.165) is 38.0 Å². The first-order chi connectivity index (χ1) is 15.3. The zero-order chi connectivity index (χ0) is 23.1. The van der Waals surface area contributed by atoms with Gasteiger partial charge in [-0.15, -0.1) is 0 Å². The fourth-order valence-corrected chi connectivity index (χ4v) is 4.45. The van der Waals surface area contributed by atoms with Crippen molar-refractivity contribution in [3.05, 3.63) is 39.9 Å². The Kier molecular flexibility index (Phi) is 8.96. The Morgan fingerprint density at radius 1 is 1.12 bits per heavy atom. The summed E-state index contributed by atoms with van der Waals surface area (Å²) in [6.45, 7) is 6.17. The van der Waals surface area contributed by atoms with Crippen LogP contribution in [0.4, 0.5) is 0 Å². The van der Waals surface area contributed by atoms with E-state index < -0.39 is 0 Å². The van der Waals surface area contributed by atoms with E-state index in [0.29, 0.717) is 42.6 Å². The van der Waals surface area contributed by atoms with Crippen molar-refractivity contribution in [3.8, 4) is 0 Å². The molecule has 0 aromatic heterocycles. The Labute approximate surface area is 199 Å². The molecule has 1 unspecified atom stereocenters. The van der Waals surface area contributed by atoms with Gasteiger partial charge >= 0.3 is 0 Å². The van der Waals surface area contributed by atoms with Crippen molar-refractivity contribution in [3.63, 3.8) is 0 Å². The second kappa shape index (κ2) is 11.7. The molecule has 1 N–H and O–H groups in total. The number of amides is 3. The highest BCUT2D eigenvalue weighted by molar-refractivity contribution is 6.42. The fraction of sp³-hybridized carbons (Fsp3) is 0.522. The normalized spacial score (nSPS) is 20.5. The van der Waals surface area contributed by atoms with Crippen LogP contribution in [0.15, 0.2) is 24.3 Å². The van der Waals surface area contributed by atoms with Gasteiger partial charge in [-0.1, -0.05) is 29.3 Å². The SMILES string of the molecule is CC(=O)NC1CCCN(CCN2CCN(C(=O)C=Cc3ccc(Cl)c(Cl)c3)CCC2=O)C1. The number of hydrogen-bond acceptors (Lipinski definition) is 4. The monoisotopic (exact) mass is 480 g/mol. The molecule has 1 atom stereocenters. The number of carbonyl (C=O) groups excluding carboxylic acids is 3. The lowest BCUT2D eigenvalue weighted by Gasteiger charge is -2.34. The van der Waals surface area contributed by atoms with E-state index in [-0.39, 0.29) is 23.8 Å².